The van der Waals surface area contributed by atoms with Crippen LogP contribution in [0.2, 0.25) is 0 Å². The largest absolute Gasteiger partial charge is 0.497 e. The normalized spacial score (nSPS) is 21.8. The number of hydrogen-bond acceptors (Lipinski definition) is 3. The molecule has 26 heavy (non-hydrogen) atoms. The number of hydrogen-bond donors (Lipinski definition) is 0. The molecule has 0 radical (unpaired) electrons. The van der Waals surface area contributed by atoms with Gasteiger partial charge in [0.2, 0.25) is 0 Å². The lowest BCUT2D eigenvalue weighted by Gasteiger charge is -2.33. The lowest BCUT2D eigenvalue weighted by molar-refractivity contribution is 0.0870. The number of ether oxygens (including phenoxy) is 1. The number of carbonyl (C=O) groups excluding carboxylic acids is 1. The van der Waals surface area contributed by atoms with Crippen LogP contribution in [-0.4, -0.2) is 27.0 Å². The first-order chi connectivity index (χ1) is 12.7. The molecule has 1 aromatic carbocycles. The molecule has 5 rings (SSSR count). The first kappa shape index (κ1) is 15.7. The molecule has 2 unspecified atom stereocenters. The minimum atomic E-state index is 0.0174. The molecule has 3 aromatic rings. The third-order valence-electron chi connectivity index (χ3n) is 6.16. The molecule has 2 atom stereocenters. The highest BCUT2D eigenvalue weighted by Gasteiger charge is 2.39. The van der Waals surface area contributed by atoms with Gasteiger partial charge in [0.1, 0.15) is 11.6 Å². The van der Waals surface area contributed by atoms with Gasteiger partial charge in [-0.1, -0.05) is 0 Å². The predicted molar refractivity (Wildman–Crippen MR) is 99.9 cm³/mol. The highest BCUT2D eigenvalue weighted by atomic mass is 16.5. The Hall–Kier alpha value is -2.56. The molecule has 0 bridgehead atoms. The molecule has 1 aliphatic heterocycles. The van der Waals surface area contributed by atoms with Crippen molar-refractivity contribution in [2.75, 3.05) is 7.11 Å². The summed E-state index contributed by atoms with van der Waals surface area (Å²) in [5, 5.41) is 1.06. The predicted octanol–water partition coefficient (Wildman–Crippen LogP) is 3.94. The van der Waals surface area contributed by atoms with Crippen LogP contribution >= 0.6 is 0 Å². The number of aryl methyl sites for hydroxylation is 2. The van der Waals surface area contributed by atoms with E-state index in [2.05, 4.69) is 20.2 Å². The van der Waals surface area contributed by atoms with Crippen LogP contribution in [-0.2, 0) is 13.1 Å². The third-order valence-corrected chi connectivity index (χ3v) is 6.16. The zero-order valence-corrected chi connectivity index (χ0v) is 15.2. The number of aromatic nitrogens is 3. The molecule has 0 spiro atoms. The van der Waals surface area contributed by atoms with E-state index < -0.39 is 0 Å². The zero-order valence-electron chi connectivity index (χ0n) is 15.2. The summed E-state index contributed by atoms with van der Waals surface area (Å²) in [5.41, 5.74) is 3.38. The first-order valence-corrected chi connectivity index (χ1v) is 9.39. The molecule has 5 heteroatoms. The summed E-state index contributed by atoms with van der Waals surface area (Å²) in [6.45, 7) is 3.72. The summed E-state index contributed by atoms with van der Waals surface area (Å²) in [5.74, 6) is 2.56. The maximum absolute atomic E-state index is 13.5. The fourth-order valence-corrected chi connectivity index (χ4v) is 4.91. The minimum Gasteiger partial charge on any atom is -0.497 e. The van der Waals surface area contributed by atoms with Crippen molar-refractivity contribution in [1.82, 2.24) is 14.1 Å². The lowest BCUT2D eigenvalue weighted by Crippen LogP contribution is -2.31. The van der Waals surface area contributed by atoms with Crippen LogP contribution in [0.5, 0.6) is 5.75 Å². The Morgan fingerprint density at radius 1 is 1.35 bits per heavy atom. The molecule has 0 fully saturated rings. The van der Waals surface area contributed by atoms with E-state index in [4.69, 9.17) is 4.74 Å². The fraction of sp³-hybridized carbons (Fsp3) is 0.429. The van der Waals surface area contributed by atoms with Gasteiger partial charge in [-0.25, -0.2) is 4.98 Å². The van der Waals surface area contributed by atoms with Crippen molar-refractivity contribution in [2.24, 2.45) is 5.92 Å². The molecule has 134 valence electrons. The summed E-state index contributed by atoms with van der Waals surface area (Å²) in [6, 6.07) is 6.14. The van der Waals surface area contributed by atoms with Crippen LogP contribution in [0, 0.1) is 12.8 Å². The molecule has 5 nitrogen and oxygen atoms in total. The molecular formula is C21H23N3O2. The van der Waals surface area contributed by atoms with E-state index in [1.807, 2.05) is 31.5 Å². The van der Waals surface area contributed by atoms with Crippen LogP contribution in [0.15, 0.2) is 30.6 Å². The quantitative estimate of drug-likeness (QED) is 0.720. The average Bonchev–Trinajstić information content (AvgIpc) is 3.21. The average molecular weight is 349 g/mol. The van der Waals surface area contributed by atoms with Gasteiger partial charge < -0.3 is 13.9 Å². The van der Waals surface area contributed by atoms with Crippen molar-refractivity contribution in [1.29, 1.82) is 0 Å². The van der Waals surface area contributed by atoms with Gasteiger partial charge in [-0.3, -0.25) is 4.79 Å². The number of Topliss-reactive ketones (excluding diaryl/α,β-unsaturated/α-hetero) is 1. The minimum absolute atomic E-state index is 0.0174. The fourth-order valence-electron chi connectivity index (χ4n) is 4.91. The van der Waals surface area contributed by atoms with Gasteiger partial charge in [-0.15, -0.1) is 0 Å². The van der Waals surface area contributed by atoms with Crippen LogP contribution in [0.3, 0.4) is 0 Å². The van der Waals surface area contributed by atoms with Crippen molar-refractivity contribution in [2.45, 2.75) is 45.2 Å². The number of carbonyl (C=O) groups is 1. The van der Waals surface area contributed by atoms with Crippen LogP contribution in [0.1, 0.15) is 47.1 Å². The van der Waals surface area contributed by atoms with Crippen molar-refractivity contribution in [3.8, 4) is 5.75 Å². The van der Waals surface area contributed by atoms with Crippen LogP contribution in [0.4, 0.5) is 0 Å². The van der Waals surface area contributed by atoms with Crippen LogP contribution < -0.4 is 4.74 Å². The van der Waals surface area contributed by atoms with E-state index in [0.29, 0.717) is 5.92 Å². The zero-order chi connectivity index (χ0) is 17.8. The smallest absolute Gasteiger partial charge is 0.170 e. The maximum Gasteiger partial charge on any atom is 0.170 e. The standard InChI is InChI=1S/C21H23N3O2/c1-13-22-7-9-23(13)12-15-10-14-4-3-8-24-18-6-5-16(26-2)11-17(18)19(20(14)24)21(15)25/h5-7,9,11,14-15H,3-4,8,10,12H2,1-2H3. The lowest BCUT2D eigenvalue weighted by atomic mass is 9.75. The van der Waals surface area contributed by atoms with Gasteiger partial charge in [0.15, 0.2) is 5.78 Å². The third kappa shape index (κ3) is 2.16. The Morgan fingerprint density at radius 3 is 3.00 bits per heavy atom. The molecule has 3 heterocycles. The second-order valence-corrected chi connectivity index (χ2v) is 7.56. The summed E-state index contributed by atoms with van der Waals surface area (Å²) in [7, 11) is 1.68. The molecule has 0 saturated carbocycles. The molecule has 1 aliphatic carbocycles. The maximum atomic E-state index is 13.5. The Kier molecular flexibility index (Phi) is 3.45. The Morgan fingerprint density at radius 2 is 2.23 bits per heavy atom. The monoisotopic (exact) mass is 349 g/mol. The molecule has 2 aromatic heterocycles. The molecular weight excluding hydrogens is 326 g/mol. The number of ketones is 1. The number of methoxy groups -OCH3 is 1. The van der Waals surface area contributed by atoms with E-state index in [-0.39, 0.29) is 11.7 Å². The number of imidazole rings is 1. The van der Waals surface area contributed by atoms with E-state index in [0.717, 1.165) is 42.0 Å². The summed E-state index contributed by atoms with van der Waals surface area (Å²) >= 11 is 0. The summed E-state index contributed by atoms with van der Waals surface area (Å²) in [6.07, 6.45) is 7.08. The van der Waals surface area contributed by atoms with Gasteiger partial charge >= 0.3 is 0 Å². The van der Waals surface area contributed by atoms with Gasteiger partial charge in [0.25, 0.3) is 0 Å². The van der Waals surface area contributed by atoms with E-state index in [1.165, 1.54) is 24.1 Å². The Balaban J connectivity index is 1.66. The highest BCUT2D eigenvalue weighted by molar-refractivity contribution is 6.12. The second kappa shape index (κ2) is 5.73. The first-order valence-electron chi connectivity index (χ1n) is 9.39. The van der Waals surface area contributed by atoms with Gasteiger partial charge in [0, 0.05) is 59.5 Å². The SMILES string of the molecule is COc1ccc2c(c1)c1c3n2CCCC3CC(Cn2ccnc2C)C1=O. The van der Waals surface area contributed by atoms with Crippen molar-refractivity contribution in [3.63, 3.8) is 0 Å². The van der Waals surface area contributed by atoms with Gasteiger partial charge in [-0.05, 0) is 44.4 Å². The highest BCUT2D eigenvalue weighted by Crippen LogP contribution is 2.46. The summed E-state index contributed by atoms with van der Waals surface area (Å²) < 4.78 is 9.92. The molecule has 0 amide bonds. The van der Waals surface area contributed by atoms with Gasteiger partial charge in [0.05, 0.1) is 7.11 Å². The Labute approximate surface area is 152 Å². The second-order valence-electron chi connectivity index (χ2n) is 7.56. The number of nitrogens with zero attached hydrogens (tertiary/aromatic N) is 3. The number of benzene rings is 1. The molecule has 0 N–H and O–H groups in total. The van der Waals surface area contributed by atoms with Gasteiger partial charge in [-0.2, -0.15) is 0 Å². The Bertz CT molecular complexity index is 1010. The summed E-state index contributed by atoms with van der Waals surface area (Å²) in [4.78, 5) is 17.8. The molecule has 0 saturated heterocycles. The van der Waals surface area contributed by atoms with E-state index in [1.54, 1.807) is 7.11 Å². The van der Waals surface area contributed by atoms with Crippen molar-refractivity contribution < 1.29 is 9.53 Å². The topological polar surface area (TPSA) is 49.0 Å². The molecule has 2 aliphatic rings. The number of rotatable bonds is 3. The number of fused-ring (bicyclic) bond motifs is 3. The van der Waals surface area contributed by atoms with Crippen molar-refractivity contribution >= 4 is 16.7 Å². The van der Waals surface area contributed by atoms with E-state index >= 15 is 0 Å². The van der Waals surface area contributed by atoms with E-state index in [9.17, 15) is 4.79 Å². The van der Waals surface area contributed by atoms with Crippen LogP contribution in [0.25, 0.3) is 10.9 Å². The van der Waals surface area contributed by atoms with Crippen molar-refractivity contribution in [3.05, 3.63) is 47.7 Å².